The minimum Gasteiger partial charge on any atom is -0.504 e. The molecule has 0 aliphatic rings. The molecule has 5 N–H and O–H groups in total. The van der Waals surface area contributed by atoms with E-state index in [1.807, 2.05) is 6.07 Å². The third-order valence-electron chi connectivity index (χ3n) is 3.72. The maximum atomic E-state index is 10.1. The number of rotatable bonds is 2. The number of nitriles is 1. The Morgan fingerprint density at radius 1 is 0.960 bits per heavy atom. The summed E-state index contributed by atoms with van der Waals surface area (Å²) in [5.41, 5.74) is 7.70. The summed E-state index contributed by atoms with van der Waals surface area (Å²) >= 11 is 5.90. The standard InChI is InChI=1S/C18H12ClN3O3/c19-10-3-1-9(2-4-10)12-7-14(22-18(21)13(12)8-20)11-5-6-15(23)17(25)16(11)24/h1-7,23-25H,(H2,21,22). The van der Waals surface area contributed by atoms with Gasteiger partial charge in [0.05, 0.1) is 5.69 Å². The summed E-state index contributed by atoms with van der Waals surface area (Å²) in [5, 5.41) is 39.2. The van der Waals surface area contributed by atoms with E-state index in [0.717, 1.165) is 0 Å². The average Bonchev–Trinajstić information content (AvgIpc) is 2.60. The highest BCUT2D eigenvalue weighted by molar-refractivity contribution is 6.30. The number of nitrogen functional groups attached to an aromatic ring is 1. The Bertz CT molecular complexity index is 1010. The van der Waals surface area contributed by atoms with Crippen molar-refractivity contribution >= 4 is 17.4 Å². The van der Waals surface area contributed by atoms with Gasteiger partial charge in [0, 0.05) is 16.1 Å². The van der Waals surface area contributed by atoms with Gasteiger partial charge in [-0.3, -0.25) is 0 Å². The summed E-state index contributed by atoms with van der Waals surface area (Å²) in [5.74, 6) is -1.66. The van der Waals surface area contributed by atoms with Gasteiger partial charge in [-0.15, -0.1) is 0 Å². The smallest absolute Gasteiger partial charge is 0.200 e. The predicted molar refractivity (Wildman–Crippen MR) is 94.2 cm³/mol. The molecule has 0 fully saturated rings. The first kappa shape index (κ1) is 16.4. The molecular formula is C18H12ClN3O3. The number of nitrogens with two attached hydrogens (primary N) is 1. The fraction of sp³-hybridized carbons (Fsp3) is 0. The molecule has 25 heavy (non-hydrogen) atoms. The number of hydrogen-bond acceptors (Lipinski definition) is 6. The highest BCUT2D eigenvalue weighted by Gasteiger charge is 2.18. The zero-order valence-electron chi connectivity index (χ0n) is 12.7. The topological polar surface area (TPSA) is 123 Å². The third kappa shape index (κ3) is 2.89. The van der Waals surface area contributed by atoms with Crippen LogP contribution in [0.5, 0.6) is 17.2 Å². The Morgan fingerprint density at radius 2 is 1.64 bits per heavy atom. The molecule has 0 saturated heterocycles. The number of aromatic hydroxyl groups is 3. The molecule has 2 aromatic carbocycles. The van der Waals surface area contributed by atoms with Crippen LogP contribution >= 0.6 is 11.6 Å². The summed E-state index contributed by atoms with van der Waals surface area (Å²) in [6.45, 7) is 0. The Balaban J connectivity index is 2.26. The largest absolute Gasteiger partial charge is 0.504 e. The normalized spacial score (nSPS) is 10.4. The molecule has 0 bridgehead atoms. The maximum absolute atomic E-state index is 10.1. The number of hydrogen-bond donors (Lipinski definition) is 4. The SMILES string of the molecule is N#Cc1c(-c2ccc(Cl)cc2)cc(-c2ccc(O)c(O)c2O)nc1N. The molecule has 1 aromatic heterocycles. The predicted octanol–water partition coefficient (Wildman–Crippen LogP) is 3.64. The molecule has 1 heterocycles. The molecular weight excluding hydrogens is 342 g/mol. The molecule has 0 amide bonds. The number of aromatic nitrogens is 1. The molecule has 7 heteroatoms. The lowest BCUT2D eigenvalue weighted by atomic mass is 9.98. The molecule has 0 radical (unpaired) electrons. The van der Waals surface area contributed by atoms with Crippen molar-refractivity contribution < 1.29 is 15.3 Å². The Kier molecular flexibility index (Phi) is 4.09. The number of phenolic OH excluding ortho intramolecular Hbond substituents is 3. The van der Waals surface area contributed by atoms with Crippen LogP contribution in [-0.2, 0) is 0 Å². The molecule has 0 atom stereocenters. The lowest BCUT2D eigenvalue weighted by molar-refractivity contribution is 0.369. The first-order valence-electron chi connectivity index (χ1n) is 7.13. The van der Waals surface area contributed by atoms with Crippen molar-refractivity contribution in [2.75, 3.05) is 5.73 Å². The van der Waals surface area contributed by atoms with Gasteiger partial charge < -0.3 is 21.1 Å². The molecule has 0 saturated carbocycles. The van der Waals surface area contributed by atoms with E-state index in [0.29, 0.717) is 16.1 Å². The van der Waals surface area contributed by atoms with Crippen molar-refractivity contribution in [1.29, 1.82) is 5.26 Å². The Morgan fingerprint density at radius 3 is 2.28 bits per heavy atom. The molecule has 0 unspecified atom stereocenters. The highest BCUT2D eigenvalue weighted by atomic mass is 35.5. The van der Waals surface area contributed by atoms with Crippen molar-refractivity contribution in [1.82, 2.24) is 4.98 Å². The molecule has 0 spiro atoms. The molecule has 124 valence electrons. The van der Waals surface area contributed by atoms with Gasteiger partial charge in [0.2, 0.25) is 5.75 Å². The van der Waals surface area contributed by atoms with E-state index < -0.39 is 17.2 Å². The first-order valence-corrected chi connectivity index (χ1v) is 7.51. The first-order chi connectivity index (χ1) is 11.9. The van der Waals surface area contributed by atoms with Crippen molar-refractivity contribution in [3.8, 4) is 45.7 Å². The number of nitrogens with zero attached hydrogens (tertiary/aromatic N) is 2. The van der Waals surface area contributed by atoms with Gasteiger partial charge in [-0.25, -0.2) is 4.98 Å². The number of phenols is 3. The van der Waals surface area contributed by atoms with Gasteiger partial charge in [-0.2, -0.15) is 5.26 Å². The summed E-state index contributed by atoms with van der Waals surface area (Å²) in [7, 11) is 0. The molecule has 0 aliphatic carbocycles. The van der Waals surface area contributed by atoms with E-state index in [2.05, 4.69) is 4.98 Å². The number of pyridine rings is 1. The lowest BCUT2D eigenvalue weighted by Crippen LogP contribution is -2.00. The van der Waals surface area contributed by atoms with E-state index in [4.69, 9.17) is 17.3 Å². The van der Waals surface area contributed by atoms with Gasteiger partial charge in [-0.05, 0) is 35.9 Å². The van der Waals surface area contributed by atoms with E-state index >= 15 is 0 Å². The van der Waals surface area contributed by atoms with Gasteiger partial charge in [0.25, 0.3) is 0 Å². The van der Waals surface area contributed by atoms with Crippen LogP contribution in [0.25, 0.3) is 22.4 Å². The quantitative estimate of drug-likeness (QED) is 0.521. The van der Waals surface area contributed by atoms with Crippen LogP contribution in [0.3, 0.4) is 0 Å². The number of halogens is 1. The van der Waals surface area contributed by atoms with Crippen molar-refractivity contribution in [3.63, 3.8) is 0 Å². The van der Waals surface area contributed by atoms with Crippen LogP contribution in [0.1, 0.15) is 5.56 Å². The average molecular weight is 354 g/mol. The fourth-order valence-electron chi connectivity index (χ4n) is 2.45. The van der Waals surface area contributed by atoms with Gasteiger partial charge >= 0.3 is 0 Å². The van der Waals surface area contributed by atoms with Crippen LogP contribution in [-0.4, -0.2) is 20.3 Å². The Labute approximate surface area is 148 Å². The lowest BCUT2D eigenvalue weighted by Gasteiger charge is -2.12. The zero-order valence-corrected chi connectivity index (χ0v) is 13.5. The van der Waals surface area contributed by atoms with Crippen molar-refractivity contribution in [3.05, 3.63) is 53.1 Å². The van der Waals surface area contributed by atoms with Crippen LogP contribution in [0.15, 0.2) is 42.5 Å². The van der Waals surface area contributed by atoms with Crippen LogP contribution in [0, 0.1) is 11.3 Å². The van der Waals surface area contributed by atoms with Crippen LogP contribution in [0.2, 0.25) is 5.02 Å². The van der Waals surface area contributed by atoms with Crippen molar-refractivity contribution in [2.45, 2.75) is 0 Å². The van der Waals surface area contributed by atoms with Crippen LogP contribution < -0.4 is 5.73 Å². The fourth-order valence-corrected chi connectivity index (χ4v) is 2.58. The second-order valence-corrected chi connectivity index (χ2v) is 5.70. The zero-order chi connectivity index (χ0) is 18.1. The second kappa shape index (κ2) is 6.23. The summed E-state index contributed by atoms with van der Waals surface area (Å²) in [6.07, 6.45) is 0. The molecule has 0 aliphatic heterocycles. The van der Waals surface area contributed by atoms with E-state index in [1.165, 1.54) is 12.1 Å². The summed E-state index contributed by atoms with van der Waals surface area (Å²) in [4.78, 5) is 4.13. The second-order valence-electron chi connectivity index (χ2n) is 5.26. The van der Waals surface area contributed by atoms with E-state index in [1.54, 1.807) is 30.3 Å². The summed E-state index contributed by atoms with van der Waals surface area (Å²) in [6, 6.07) is 13.0. The van der Waals surface area contributed by atoms with E-state index in [9.17, 15) is 20.6 Å². The molecule has 3 rings (SSSR count). The molecule has 6 nitrogen and oxygen atoms in total. The number of anilines is 1. The molecule has 3 aromatic rings. The highest BCUT2D eigenvalue weighted by Crippen LogP contribution is 2.43. The van der Waals surface area contributed by atoms with Gasteiger partial charge in [0.15, 0.2) is 11.5 Å². The minimum atomic E-state index is -0.657. The maximum Gasteiger partial charge on any atom is 0.200 e. The monoisotopic (exact) mass is 353 g/mol. The van der Waals surface area contributed by atoms with Gasteiger partial charge in [-0.1, -0.05) is 23.7 Å². The third-order valence-corrected chi connectivity index (χ3v) is 3.97. The van der Waals surface area contributed by atoms with Gasteiger partial charge in [0.1, 0.15) is 17.5 Å². The Hall–Kier alpha value is -3.43. The van der Waals surface area contributed by atoms with Crippen LogP contribution in [0.4, 0.5) is 5.82 Å². The number of benzene rings is 2. The van der Waals surface area contributed by atoms with Crippen molar-refractivity contribution in [2.24, 2.45) is 0 Å². The minimum absolute atomic E-state index is 0.0167. The van der Waals surface area contributed by atoms with E-state index in [-0.39, 0.29) is 22.6 Å². The summed E-state index contributed by atoms with van der Waals surface area (Å²) < 4.78 is 0.